The van der Waals surface area contributed by atoms with E-state index in [0.29, 0.717) is 12.6 Å². The van der Waals surface area contributed by atoms with Crippen molar-refractivity contribution >= 4 is 15.9 Å². The van der Waals surface area contributed by atoms with Crippen LogP contribution in [0, 0.1) is 13.8 Å². The van der Waals surface area contributed by atoms with Gasteiger partial charge in [-0.2, -0.15) is 14.8 Å². The second kappa shape index (κ2) is 5.01. The SMILES string of the molecule is CCNCc1coc(-n2nc(C)c(Br)c2C)n1. The molecule has 17 heavy (non-hydrogen) atoms. The lowest BCUT2D eigenvalue weighted by Crippen LogP contribution is -2.12. The Hall–Kier alpha value is -1.14. The molecule has 0 amide bonds. The van der Waals surface area contributed by atoms with Gasteiger partial charge in [0.1, 0.15) is 6.26 Å². The summed E-state index contributed by atoms with van der Waals surface area (Å²) in [5.41, 5.74) is 2.79. The molecule has 92 valence electrons. The Bertz CT molecular complexity index is 518. The molecular weight excluding hydrogens is 284 g/mol. The smallest absolute Gasteiger partial charge is 0.323 e. The number of aromatic nitrogens is 3. The number of halogens is 1. The molecule has 6 heteroatoms. The van der Waals surface area contributed by atoms with Crippen LogP contribution in [-0.2, 0) is 6.54 Å². The fraction of sp³-hybridized carbons (Fsp3) is 0.455. The molecule has 2 aromatic heterocycles. The predicted molar refractivity (Wildman–Crippen MR) is 68.2 cm³/mol. The van der Waals surface area contributed by atoms with Crippen LogP contribution in [0.1, 0.15) is 24.0 Å². The minimum Gasteiger partial charge on any atom is -0.430 e. The van der Waals surface area contributed by atoms with Gasteiger partial charge in [0.25, 0.3) is 0 Å². The van der Waals surface area contributed by atoms with Crippen molar-refractivity contribution in [1.82, 2.24) is 20.1 Å². The zero-order chi connectivity index (χ0) is 12.4. The third-order valence-corrected chi connectivity index (χ3v) is 3.63. The number of nitrogens with zero attached hydrogens (tertiary/aromatic N) is 3. The molecule has 2 heterocycles. The van der Waals surface area contributed by atoms with E-state index in [4.69, 9.17) is 4.42 Å². The van der Waals surface area contributed by atoms with Crippen molar-refractivity contribution in [2.45, 2.75) is 27.3 Å². The van der Waals surface area contributed by atoms with Gasteiger partial charge in [0, 0.05) is 6.54 Å². The molecule has 0 fully saturated rings. The van der Waals surface area contributed by atoms with Crippen LogP contribution < -0.4 is 5.32 Å². The molecule has 0 spiro atoms. The van der Waals surface area contributed by atoms with Crippen molar-refractivity contribution in [3.8, 4) is 6.01 Å². The van der Waals surface area contributed by atoms with E-state index in [1.165, 1.54) is 0 Å². The van der Waals surface area contributed by atoms with Gasteiger partial charge in [0.15, 0.2) is 0 Å². The molecule has 0 aliphatic rings. The van der Waals surface area contributed by atoms with Crippen LogP contribution in [0.5, 0.6) is 0 Å². The Labute approximate surface area is 108 Å². The van der Waals surface area contributed by atoms with E-state index in [9.17, 15) is 0 Å². The fourth-order valence-corrected chi connectivity index (χ4v) is 1.79. The van der Waals surface area contributed by atoms with Gasteiger partial charge in [0.2, 0.25) is 0 Å². The van der Waals surface area contributed by atoms with Crippen molar-refractivity contribution in [2.24, 2.45) is 0 Å². The van der Waals surface area contributed by atoms with Crippen LogP contribution in [0.4, 0.5) is 0 Å². The van der Waals surface area contributed by atoms with Crippen molar-refractivity contribution in [2.75, 3.05) is 6.54 Å². The largest absolute Gasteiger partial charge is 0.430 e. The summed E-state index contributed by atoms with van der Waals surface area (Å²) in [4.78, 5) is 4.38. The van der Waals surface area contributed by atoms with Gasteiger partial charge in [-0.15, -0.1) is 0 Å². The monoisotopic (exact) mass is 298 g/mol. The quantitative estimate of drug-likeness (QED) is 0.941. The Morgan fingerprint density at radius 1 is 1.47 bits per heavy atom. The highest BCUT2D eigenvalue weighted by atomic mass is 79.9. The molecule has 2 rings (SSSR count). The Balaban J connectivity index is 2.27. The van der Waals surface area contributed by atoms with Crippen LogP contribution in [0.15, 0.2) is 15.2 Å². The van der Waals surface area contributed by atoms with Crippen LogP contribution in [0.25, 0.3) is 6.01 Å². The molecule has 5 nitrogen and oxygen atoms in total. The van der Waals surface area contributed by atoms with Crippen LogP contribution in [0.2, 0.25) is 0 Å². The normalized spacial score (nSPS) is 11.1. The van der Waals surface area contributed by atoms with Gasteiger partial charge in [-0.3, -0.25) is 0 Å². The highest BCUT2D eigenvalue weighted by molar-refractivity contribution is 9.10. The molecule has 1 N–H and O–H groups in total. The lowest BCUT2D eigenvalue weighted by Gasteiger charge is -1.97. The summed E-state index contributed by atoms with van der Waals surface area (Å²) < 4.78 is 8.12. The van der Waals surface area contributed by atoms with Crippen molar-refractivity contribution in [3.05, 3.63) is 27.8 Å². The first kappa shape index (κ1) is 12.3. The highest BCUT2D eigenvalue weighted by Gasteiger charge is 2.14. The molecule has 0 bridgehead atoms. The maximum Gasteiger partial charge on any atom is 0.323 e. The first-order valence-corrected chi connectivity index (χ1v) is 6.30. The van der Waals surface area contributed by atoms with Gasteiger partial charge in [-0.25, -0.2) is 0 Å². The van der Waals surface area contributed by atoms with Crippen LogP contribution in [-0.4, -0.2) is 21.3 Å². The van der Waals surface area contributed by atoms with Gasteiger partial charge in [0.05, 0.1) is 21.6 Å². The topological polar surface area (TPSA) is 55.9 Å². The van der Waals surface area contributed by atoms with E-state index in [2.05, 4.69) is 38.3 Å². The second-order valence-electron chi connectivity index (χ2n) is 3.80. The number of oxazole rings is 1. The van der Waals surface area contributed by atoms with Crippen LogP contribution >= 0.6 is 15.9 Å². The molecule has 0 aliphatic heterocycles. The predicted octanol–water partition coefficient (Wildman–Crippen LogP) is 2.35. The minimum absolute atomic E-state index is 0.504. The number of hydrogen-bond acceptors (Lipinski definition) is 4. The Morgan fingerprint density at radius 2 is 2.24 bits per heavy atom. The molecular formula is C11H15BrN4O. The maximum atomic E-state index is 5.43. The molecule has 0 radical (unpaired) electrons. The summed E-state index contributed by atoms with van der Waals surface area (Å²) in [5.74, 6) is 0. The first-order chi connectivity index (χ1) is 8.13. The highest BCUT2D eigenvalue weighted by Crippen LogP contribution is 2.22. The standard InChI is InChI=1S/C11H15BrN4O/c1-4-13-5-9-6-17-11(14-9)16-8(3)10(12)7(2)15-16/h6,13H,4-5H2,1-3H3. The number of rotatable bonds is 4. The van der Waals surface area contributed by atoms with E-state index in [1.54, 1.807) is 10.9 Å². The summed E-state index contributed by atoms with van der Waals surface area (Å²) in [7, 11) is 0. The third kappa shape index (κ3) is 2.42. The molecule has 0 unspecified atom stereocenters. The molecule has 0 aliphatic carbocycles. The van der Waals surface area contributed by atoms with Crippen molar-refractivity contribution in [1.29, 1.82) is 0 Å². The first-order valence-electron chi connectivity index (χ1n) is 5.50. The third-order valence-electron chi connectivity index (χ3n) is 2.48. The fourth-order valence-electron chi connectivity index (χ4n) is 1.54. The molecule has 0 atom stereocenters. The van der Waals surface area contributed by atoms with E-state index in [1.807, 2.05) is 13.8 Å². The van der Waals surface area contributed by atoms with Crippen LogP contribution in [0.3, 0.4) is 0 Å². The maximum absolute atomic E-state index is 5.43. The van der Waals surface area contributed by atoms with Crippen molar-refractivity contribution < 1.29 is 4.42 Å². The van der Waals surface area contributed by atoms with Crippen molar-refractivity contribution in [3.63, 3.8) is 0 Å². The average Bonchev–Trinajstić information content (AvgIpc) is 2.87. The lowest BCUT2D eigenvalue weighted by molar-refractivity contribution is 0.504. The van der Waals surface area contributed by atoms with Gasteiger partial charge >= 0.3 is 6.01 Å². The van der Waals surface area contributed by atoms with Gasteiger partial charge < -0.3 is 9.73 Å². The molecule has 0 saturated heterocycles. The summed E-state index contributed by atoms with van der Waals surface area (Å²) in [6.45, 7) is 7.58. The summed E-state index contributed by atoms with van der Waals surface area (Å²) >= 11 is 3.48. The summed E-state index contributed by atoms with van der Waals surface area (Å²) in [6.07, 6.45) is 1.66. The Kier molecular flexibility index (Phi) is 3.63. The Morgan fingerprint density at radius 3 is 2.82 bits per heavy atom. The van der Waals surface area contributed by atoms with Gasteiger partial charge in [-0.05, 0) is 36.3 Å². The average molecular weight is 299 g/mol. The zero-order valence-corrected chi connectivity index (χ0v) is 11.7. The molecule has 2 aromatic rings. The summed E-state index contributed by atoms with van der Waals surface area (Å²) in [6, 6.07) is 0.504. The summed E-state index contributed by atoms with van der Waals surface area (Å²) in [5, 5.41) is 7.57. The van der Waals surface area contributed by atoms with E-state index >= 15 is 0 Å². The second-order valence-corrected chi connectivity index (χ2v) is 4.59. The van der Waals surface area contributed by atoms with E-state index in [-0.39, 0.29) is 0 Å². The number of aryl methyl sites for hydroxylation is 1. The molecule has 0 saturated carbocycles. The zero-order valence-electron chi connectivity index (χ0n) is 10.1. The number of nitrogens with one attached hydrogen (secondary N) is 1. The molecule has 0 aromatic carbocycles. The van der Waals surface area contributed by atoms with E-state index in [0.717, 1.165) is 28.1 Å². The van der Waals surface area contributed by atoms with E-state index < -0.39 is 0 Å². The number of hydrogen-bond donors (Lipinski definition) is 1. The van der Waals surface area contributed by atoms with Gasteiger partial charge in [-0.1, -0.05) is 6.92 Å². The minimum atomic E-state index is 0.504. The lowest BCUT2D eigenvalue weighted by atomic mass is 10.4.